The Balaban J connectivity index is 1.68. The summed E-state index contributed by atoms with van der Waals surface area (Å²) in [7, 11) is 0. The molecule has 1 aliphatic heterocycles. The number of aromatic nitrogens is 2. The summed E-state index contributed by atoms with van der Waals surface area (Å²) in [4.78, 5) is 24.1. The molecule has 0 saturated carbocycles. The molecule has 2 amide bonds. The van der Waals surface area contributed by atoms with Crippen LogP contribution in [-0.4, -0.2) is 34.2 Å². The second-order valence-corrected chi connectivity index (χ2v) is 5.31. The highest BCUT2D eigenvalue weighted by molar-refractivity contribution is 5.97. The minimum Gasteiger partial charge on any atom is -0.354 e. The van der Waals surface area contributed by atoms with Gasteiger partial charge in [0.1, 0.15) is 6.04 Å². The van der Waals surface area contributed by atoms with Crippen LogP contribution in [-0.2, 0) is 4.79 Å². The van der Waals surface area contributed by atoms with Crippen molar-refractivity contribution in [3.63, 3.8) is 0 Å². The fourth-order valence-corrected chi connectivity index (χ4v) is 2.51. The molecule has 1 aromatic carbocycles. The van der Waals surface area contributed by atoms with Crippen molar-refractivity contribution in [3.8, 4) is 5.69 Å². The smallest absolute Gasteiger partial charge is 0.251 e. The third-order valence-corrected chi connectivity index (χ3v) is 3.74. The number of carbonyl (C=O) groups excluding carboxylic acids is 2. The van der Waals surface area contributed by atoms with Crippen molar-refractivity contribution in [1.82, 2.24) is 20.4 Å². The summed E-state index contributed by atoms with van der Waals surface area (Å²) in [5.74, 6) is -0.326. The van der Waals surface area contributed by atoms with Crippen molar-refractivity contribution in [2.45, 2.75) is 25.3 Å². The topological polar surface area (TPSA) is 76.0 Å². The van der Waals surface area contributed by atoms with Gasteiger partial charge in [0.15, 0.2) is 0 Å². The fraction of sp³-hybridized carbons (Fsp3) is 0.312. The SMILES string of the molecule is O=C(N[C@@H]1CCCCNC1=O)c1ccc(-n2cccn2)cc1. The molecule has 0 bridgehead atoms. The van der Waals surface area contributed by atoms with Crippen molar-refractivity contribution >= 4 is 11.8 Å². The molecule has 0 unspecified atom stereocenters. The maximum atomic E-state index is 12.3. The van der Waals surface area contributed by atoms with Gasteiger partial charge in [-0.15, -0.1) is 0 Å². The van der Waals surface area contributed by atoms with Crippen LogP contribution in [0, 0.1) is 0 Å². The Hall–Kier alpha value is -2.63. The van der Waals surface area contributed by atoms with Crippen LogP contribution in [0.25, 0.3) is 5.69 Å². The Kier molecular flexibility index (Phi) is 4.18. The number of amides is 2. The molecule has 2 aromatic rings. The number of hydrogen-bond acceptors (Lipinski definition) is 3. The van der Waals surface area contributed by atoms with Crippen molar-refractivity contribution in [3.05, 3.63) is 48.3 Å². The van der Waals surface area contributed by atoms with Gasteiger partial charge in [0.05, 0.1) is 5.69 Å². The molecular formula is C16H18N4O2. The fourth-order valence-electron chi connectivity index (χ4n) is 2.51. The molecule has 3 rings (SSSR count). The van der Waals surface area contributed by atoms with E-state index in [2.05, 4.69) is 15.7 Å². The quantitative estimate of drug-likeness (QED) is 0.896. The summed E-state index contributed by atoms with van der Waals surface area (Å²) in [5.41, 5.74) is 1.42. The van der Waals surface area contributed by atoms with E-state index in [1.54, 1.807) is 23.0 Å². The van der Waals surface area contributed by atoms with E-state index in [0.717, 1.165) is 18.5 Å². The number of benzene rings is 1. The molecule has 2 N–H and O–H groups in total. The first kappa shape index (κ1) is 14.3. The van der Waals surface area contributed by atoms with E-state index >= 15 is 0 Å². The van der Waals surface area contributed by atoms with Gasteiger partial charge in [0.25, 0.3) is 5.91 Å². The van der Waals surface area contributed by atoms with Gasteiger partial charge in [-0.05, 0) is 49.6 Å². The molecule has 1 aromatic heterocycles. The van der Waals surface area contributed by atoms with Gasteiger partial charge in [0.2, 0.25) is 5.91 Å². The van der Waals surface area contributed by atoms with Crippen LogP contribution in [0.1, 0.15) is 29.6 Å². The van der Waals surface area contributed by atoms with Crippen LogP contribution in [0.15, 0.2) is 42.7 Å². The summed E-state index contributed by atoms with van der Waals surface area (Å²) in [6.07, 6.45) is 6.11. The zero-order valence-corrected chi connectivity index (χ0v) is 12.2. The van der Waals surface area contributed by atoms with Crippen LogP contribution in [0.2, 0.25) is 0 Å². The summed E-state index contributed by atoms with van der Waals surface area (Å²) >= 11 is 0. The third-order valence-electron chi connectivity index (χ3n) is 3.74. The van der Waals surface area contributed by atoms with Crippen LogP contribution in [0.3, 0.4) is 0 Å². The average Bonchev–Trinajstić information content (AvgIpc) is 3.00. The molecule has 0 aliphatic carbocycles. The maximum Gasteiger partial charge on any atom is 0.251 e. The van der Waals surface area contributed by atoms with Gasteiger partial charge in [-0.2, -0.15) is 5.10 Å². The van der Waals surface area contributed by atoms with Gasteiger partial charge in [0, 0.05) is 24.5 Å². The number of rotatable bonds is 3. The number of nitrogens with one attached hydrogen (secondary N) is 2. The lowest BCUT2D eigenvalue weighted by atomic mass is 10.1. The van der Waals surface area contributed by atoms with Crippen LogP contribution in [0.4, 0.5) is 0 Å². The summed E-state index contributed by atoms with van der Waals surface area (Å²) in [6.45, 7) is 0.684. The van der Waals surface area contributed by atoms with E-state index in [4.69, 9.17) is 0 Å². The molecule has 1 fully saturated rings. The van der Waals surface area contributed by atoms with Crippen LogP contribution in [0.5, 0.6) is 0 Å². The standard InChI is InChI=1S/C16H18N4O2/c21-15(19-14-4-1-2-9-17-16(14)22)12-5-7-13(8-6-12)20-11-3-10-18-20/h3,5-8,10-11,14H,1-2,4,9H2,(H,17,22)(H,19,21)/t14-/m1/s1. The molecule has 1 saturated heterocycles. The van der Waals surface area contributed by atoms with E-state index in [-0.39, 0.29) is 11.8 Å². The van der Waals surface area contributed by atoms with E-state index in [9.17, 15) is 9.59 Å². The molecular weight excluding hydrogens is 280 g/mol. The average molecular weight is 298 g/mol. The van der Waals surface area contributed by atoms with Crippen molar-refractivity contribution in [2.24, 2.45) is 0 Å². The zero-order chi connectivity index (χ0) is 15.4. The predicted octanol–water partition coefficient (Wildman–Crippen LogP) is 1.27. The number of carbonyl (C=O) groups is 2. The van der Waals surface area contributed by atoms with Crippen molar-refractivity contribution in [2.75, 3.05) is 6.54 Å². The first-order chi connectivity index (χ1) is 10.7. The van der Waals surface area contributed by atoms with E-state index in [0.29, 0.717) is 18.5 Å². The highest BCUT2D eigenvalue weighted by Gasteiger charge is 2.22. The summed E-state index contributed by atoms with van der Waals surface area (Å²) in [6, 6.07) is 8.53. The molecule has 1 atom stereocenters. The third kappa shape index (κ3) is 3.16. The highest BCUT2D eigenvalue weighted by Crippen LogP contribution is 2.10. The zero-order valence-electron chi connectivity index (χ0n) is 12.2. The minimum absolute atomic E-state index is 0.0981. The first-order valence-corrected chi connectivity index (χ1v) is 7.43. The van der Waals surface area contributed by atoms with Crippen molar-refractivity contribution < 1.29 is 9.59 Å². The Morgan fingerprint density at radius 1 is 1.27 bits per heavy atom. The Bertz CT molecular complexity index is 649. The molecule has 6 heteroatoms. The summed E-state index contributed by atoms with van der Waals surface area (Å²) in [5, 5.41) is 9.76. The minimum atomic E-state index is -0.444. The Morgan fingerprint density at radius 2 is 2.09 bits per heavy atom. The van der Waals surface area contributed by atoms with Gasteiger partial charge in [-0.1, -0.05) is 0 Å². The molecule has 1 aliphatic rings. The monoisotopic (exact) mass is 298 g/mol. The molecule has 2 heterocycles. The lowest BCUT2D eigenvalue weighted by molar-refractivity contribution is -0.122. The Labute approximate surface area is 128 Å². The van der Waals surface area contributed by atoms with Gasteiger partial charge in [-0.25, -0.2) is 4.68 Å². The lowest BCUT2D eigenvalue weighted by Crippen LogP contribution is -2.45. The first-order valence-electron chi connectivity index (χ1n) is 7.43. The molecule has 0 spiro atoms. The second kappa shape index (κ2) is 6.43. The van der Waals surface area contributed by atoms with Gasteiger partial charge >= 0.3 is 0 Å². The molecule has 114 valence electrons. The molecule has 22 heavy (non-hydrogen) atoms. The maximum absolute atomic E-state index is 12.3. The van der Waals surface area contributed by atoms with E-state index in [1.807, 2.05) is 24.4 Å². The Morgan fingerprint density at radius 3 is 2.82 bits per heavy atom. The van der Waals surface area contributed by atoms with Crippen LogP contribution >= 0.6 is 0 Å². The van der Waals surface area contributed by atoms with Gasteiger partial charge in [-0.3, -0.25) is 9.59 Å². The molecule has 0 radical (unpaired) electrons. The predicted molar refractivity (Wildman–Crippen MR) is 81.7 cm³/mol. The van der Waals surface area contributed by atoms with Crippen LogP contribution < -0.4 is 10.6 Å². The van der Waals surface area contributed by atoms with Crippen molar-refractivity contribution in [1.29, 1.82) is 0 Å². The number of hydrogen-bond donors (Lipinski definition) is 2. The second-order valence-electron chi connectivity index (χ2n) is 5.31. The number of nitrogens with zero attached hydrogens (tertiary/aromatic N) is 2. The van der Waals surface area contributed by atoms with E-state index < -0.39 is 6.04 Å². The summed E-state index contributed by atoms with van der Waals surface area (Å²) < 4.78 is 1.72. The molecule has 6 nitrogen and oxygen atoms in total. The largest absolute Gasteiger partial charge is 0.354 e. The normalized spacial score (nSPS) is 18.4. The highest BCUT2D eigenvalue weighted by atomic mass is 16.2. The lowest BCUT2D eigenvalue weighted by Gasteiger charge is -2.15. The van der Waals surface area contributed by atoms with Gasteiger partial charge < -0.3 is 10.6 Å². The van der Waals surface area contributed by atoms with E-state index in [1.165, 1.54) is 0 Å².